The van der Waals surface area contributed by atoms with Crippen LogP contribution in [-0.2, 0) is 26.2 Å². The second-order valence-corrected chi connectivity index (χ2v) is 6.71. The third-order valence-electron chi connectivity index (χ3n) is 3.80. The van der Waals surface area contributed by atoms with E-state index in [1.165, 1.54) is 32.7 Å². The Bertz CT molecular complexity index is 782. The molecule has 2 heteroatoms. The predicted octanol–water partition coefficient (Wildman–Crippen LogP) is 6.52. The predicted molar refractivity (Wildman–Crippen MR) is 106 cm³/mol. The summed E-state index contributed by atoms with van der Waals surface area (Å²) in [6.45, 7) is 8.59. The van der Waals surface area contributed by atoms with E-state index in [-0.39, 0.29) is 26.2 Å². The zero-order chi connectivity index (χ0) is 16.7. The molecule has 4 aromatic rings. The maximum atomic E-state index is 2.16. The van der Waals surface area contributed by atoms with E-state index >= 15 is 0 Å². The van der Waals surface area contributed by atoms with Gasteiger partial charge in [-0.25, -0.2) is 0 Å². The summed E-state index contributed by atoms with van der Waals surface area (Å²) < 4.78 is 0. The van der Waals surface area contributed by atoms with Crippen LogP contribution in [0.25, 0.3) is 21.5 Å². The van der Waals surface area contributed by atoms with E-state index in [0.717, 1.165) is 9.52 Å². The Morgan fingerprint density at radius 3 is 1.29 bits per heavy atom. The third kappa shape index (κ3) is 5.40. The van der Waals surface area contributed by atoms with Crippen molar-refractivity contribution in [1.82, 2.24) is 0 Å². The molecule has 0 atom stereocenters. The van der Waals surface area contributed by atoms with Crippen molar-refractivity contribution >= 4 is 31.1 Å². The van der Waals surface area contributed by atoms with E-state index < -0.39 is 0 Å². The van der Waals surface area contributed by atoms with Gasteiger partial charge in [0.25, 0.3) is 0 Å². The monoisotopic (exact) mass is 406 g/mol. The topological polar surface area (TPSA) is 0 Å². The molecule has 120 valence electrons. The molecule has 0 saturated heterocycles. The van der Waals surface area contributed by atoms with Crippen molar-refractivity contribution in [2.75, 3.05) is 0 Å². The maximum Gasteiger partial charge on any atom is 2.00 e. The Hall–Kier alpha value is -1.24. The quantitative estimate of drug-likeness (QED) is 0.230. The Morgan fingerprint density at radius 1 is 0.625 bits per heavy atom. The molecule has 0 heterocycles. The molecule has 4 aromatic carbocycles. The summed E-state index contributed by atoms with van der Waals surface area (Å²) in [5, 5.41) is 5.45. The molecule has 24 heavy (non-hydrogen) atoms. The van der Waals surface area contributed by atoms with Crippen LogP contribution in [-0.4, -0.2) is 9.52 Å². The van der Waals surface area contributed by atoms with Gasteiger partial charge in [0.15, 0.2) is 0 Å². The van der Waals surface area contributed by atoms with Crippen molar-refractivity contribution in [3.8, 4) is 0 Å². The summed E-state index contributed by atoms with van der Waals surface area (Å²) in [4.78, 5) is 0. The summed E-state index contributed by atoms with van der Waals surface area (Å²) in [6.07, 6.45) is 0. The van der Waals surface area contributed by atoms with E-state index in [1.807, 2.05) is 0 Å². The van der Waals surface area contributed by atoms with Crippen molar-refractivity contribution in [2.45, 2.75) is 26.9 Å². The molecule has 0 amide bonds. The standard InChI is InChI=1S/2C10H9.C2H6Si.Zr/c2*1-8-6-7-9-4-2-3-5-10(8)9;1-3-2;/h2*2-7H,1H3;1-2H3;/q2*-1;;+2. The molecule has 0 aliphatic heterocycles. The van der Waals surface area contributed by atoms with Crippen molar-refractivity contribution in [3.05, 3.63) is 83.9 Å². The average molecular weight is 408 g/mol. The van der Waals surface area contributed by atoms with Gasteiger partial charge in [0.2, 0.25) is 0 Å². The molecule has 0 nitrogen and oxygen atoms in total. The molecular formula is C22H24SiZr. The molecule has 0 fully saturated rings. The minimum atomic E-state index is 0. The van der Waals surface area contributed by atoms with Crippen LogP contribution in [0.5, 0.6) is 0 Å². The fraction of sp³-hybridized carbons (Fsp3) is 0.182. The van der Waals surface area contributed by atoms with Gasteiger partial charge < -0.3 is 0 Å². The summed E-state index contributed by atoms with van der Waals surface area (Å²) >= 11 is 0. The van der Waals surface area contributed by atoms with Gasteiger partial charge in [-0.1, -0.05) is 39.1 Å². The van der Waals surface area contributed by atoms with Crippen LogP contribution in [0.3, 0.4) is 0 Å². The van der Waals surface area contributed by atoms with Crippen molar-refractivity contribution in [1.29, 1.82) is 0 Å². The van der Waals surface area contributed by atoms with Crippen LogP contribution in [0, 0.1) is 13.8 Å². The number of fused-ring (bicyclic) bond motifs is 2. The second kappa shape index (κ2) is 10.6. The number of hydrogen-bond acceptors (Lipinski definition) is 0. The largest absolute Gasteiger partial charge is 2.00 e. The van der Waals surface area contributed by atoms with E-state index in [4.69, 9.17) is 0 Å². The van der Waals surface area contributed by atoms with Crippen LogP contribution >= 0.6 is 0 Å². The van der Waals surface area contributed by atoms with Gasteiger partial charge in [0.1, 0.15) is 0 Å². The van der Waals surface area contributed by atoms with Crippen LogP contribution in [0.4, 0.5) is 0 Å². The number of benzene rings is 2. The van der Waals surface area contributed by atoms with Gasteiger partial charge in [0.05, 0.1) is 0 Å². The summed E-state index contributed by atoms with van der Waals surface area (Å²) in [6, 6.07) is 25.5. The van der Waals surface area contributed by atoms with E-state index in [0.29, 0.717) is 0 Å². The van der Waals surface area contributed by atoms with Crippen molar-refractivity contribution in [2.24, 2.45) is 0 Å². The first-order valence-corrected chi connectivity index (χ1v) is 9.98. The fourth-order valence-corrected chi connectivity index (χ4v) is 2.61. The summed E-state index contributed by atoms with van der Waals surface area (Å²) in [5.74, 6) is 0. The molecule has 0 aliphatic rings. The van der Waals surface area contributed by atoms with Crippen LogP contribution in [0.15, 0.2) is 72.8 Å². The zero-order valence-electron chi connectivity index (χ0n) is 14.9. The first-order valence-electron chi connectivity index (χ1n) is 7.98. The Balaban J connectivity index is 0.000000200. The summed E-state index contributed by atoms with van der Waals surface area (Å²) in [5.41, 5.74) is 2.74. The van der Waals surface area contributed by atoms with Gasteiger partial charge in [-0.3, -0.25) is 0 Å². The molecule has 0 aliphatic carbocycles. The molecule has 0 unspecified atom stereocenters. The fourth-order valence-electron chi connectivity index (χ4n) is 2.61. The van der Waals surface area contributed by atoms with Gasteiger partial charge in [-0.05, 0) is 0 Å². The minimum Gasteiger partial charge on any atom is -0.168 e. The molecule has 0 spiro atoms. The molecule has 0 saturated carbocycles. The number of hydrogen-bond donors (Lipinski definition) is 0. The van der Waals surface area contributed by atoms with Crippen LogP contribution in [0.2, 0.25) is 13.1 Å². The molecule has 0 aromatic heterocycles. The Kier molecular flexibility index (Phi) is 9.18. The van der Waals surface area contributed by atoms with E-state index in [1.54, 1.807) is 0 Å². The van der Waals surface area contributed by atoms with Crippen molar-refractivity contribution < 1.29 is 26.2 Å². The minimum absolute atomic E-state index is 0. The zero-order valence-corrected chi connectivity index (χ0v) is 18.4. The summed E-state index contributed by atoms with van der Waals surface area (Å²) in [7, 11) is 1.08. The normalized spacial score (nSPS) is 9.50. The second-order valence-electron chi connectivity index (χ2n) is 5.71. The van der Waals surface area contributed by atoms with Crippen molar-refractivity contribution in [3.63, 3.8) is 0 Å². The average Bonchev–Trinajstić information content (AvgIpc) is 3.14. The van der Waals surface area contributed by atoms with E-state index in [9.17, 15) is 0 Å². The van der Waals surface area contributed by atoms with E-state index in [2.05, 4.69) is 99.7 Å². The molecule has 2 radical (unpaired) electrons. The maximum absolute atomic E-state index is 2.16. The number of rotatable bonds is 0. The number of aryl methyl sites for hydroxylation is 2. The molecular weight excluding hydrogens is 384 g/mol. The Labute approximate surface area is 167 Å². The van der Waals surface area contributed by atoms with Gasteiger partial charge in [0, 0.05) is 9.52 Å². The molecule has 4 rings (SSSR count). The van der Waals surface area contributed by atoms with Gasteiger partial charge in [-0.15, -0.1) is 69.1 Å². The van der Waals surface area contributed by atoms with Crippen LogP contribution in [0.1, 0.15) is 11.1 Å². The first-order chi connectivity index (χ1) is 11.2. The third-order valence-corrected chi connectivity index (χ3v) is 3.80. The van der Waals surface area contributed by atoms with Gasteiger partial charge in [-0.2, -0.15) is 24.3 Å². The SMILES string of the molecule is C[Si]C.C[c-]1ccc2ccccc21.C[c-]1ccc2ccccc21.[Zr+2]. The molecule has 0 N–H and O–H groups in total. The van der Waals surface area contributed by atoms with Crippen LogP contribution < -0.4 is 0 Å². The molecule has 0 bridgehead atoms. The smallest absolute Gasteiger partial charge is 0.168 e. The Morgan fingerprint density at radius 2 is 0.958 bits per heavy atom. The van der Waals surface area contributed by atoms with Gasteiger partial charge >= 0.3 is 26.2 Å². The first kappa shape index (κ1) is 20.8.